The molecule has 0 bridgehead atoms. The maximum Gasteiger partial charge on any atom is 0.329 e. The number of hydrogen-bond acceptors (Lipinski definition) is 4. The van der Waals surface area contributed by atoms with Crippen molar-refractivity contribution in [2.24, 2.45) is 0 Å². The van der Waals surface area contributed by atoms with Crippen molar-refractivity contribution in [3.8, 4) is 0 Å². The van der Waals surface area contributed by atoms with Crippen LogP contribution < -0.4 is 4.90 Å². The Hall–Kier alpha value is -2.11. The molecule has 0 aromatic carbocycles. The highest BCUT2D eigenvalue weighted by Crippen LogP contribution is 2.26. The minimum Gasteiger partial charge on any atom is -0.480 e. The first-order valence-corrected chi connectivity index (χ1v) is 6.20. The van der Waals surface area contributed by atoms with Gasteiger partial charge in [-0.2, -0.15) is 5.10 Å². The van der Waals surface area contributed by atoms with Gasteiger partial charge in [0, 0.05) is 18.9 Å². The number of nitrogens with zero attached hydrogens (tertiary/aromatic N) is 4. The number of rotatable bonds is 4. The second-order valence-electron chi connectivity index (χ2n) is 4.97. The number of aliphatic carboxylic acids is 1. The van der Waals surface area contributed by atoms with E-state index in [9.17, 15) is 9.90 Å². The fourth-order valence-electron chi connectivity index (χ4n) is 2.16. The Morgan fingerprint density at radius 1 is 1.53 bits per heavy atom. The van der Waals surface area contributed by atoms with Crippen LogP contribution in [0.4, 0.5) is 5.82 Å². The van der Waals surface area contributed by atoms with E-state index < -0.39 is 11.5 Å². The van der Waals surface area contributed by atoms with E-state index in [1.807, 2.05) is 19.9 Å². The summed E-state index contributed by atoms with van der Waals surface area (Å²) in [7, 11) is 0. The minimum atomic E-state index is -1.03. The molecule has 102 valence electrons. The summed E-state index contributed by atoms with van der Waals surface area (Å²) in [4.78, 5) is 17.6. The predicted octanol–water partition coefficient (Wildman–Crippen LogP) is 1.73. The van der Waals surface area contributed by atoms with Crippen LogP contribution in [-0.2, 0) is 4.79 Å². The summed E-state index contributed by atoms with van der Waals surface area (Å²) in [5.74, 6) is -0.243. The number of carbonyl (C=O) groups is 1. The first-order chi connectivity index (χ1) is 8.87. The van der Waals surface area contributed by atoms with E-state index in [4.69, 9.17) is 0 Å². The number of anilines is 1. The number of likely N-dealkylation sites (N-methyl/N-ethyl adjacent to an activating group) is 1. The standard InChI is InChI=1S/C13H18N4O2/c1-5-16(13(3,4)12(18)19)11-10-8-9(2)15-17(10)7-6-14-11/h6-8H,5H2,1-4H3,(H,18,19). The predicted molar refractivity (Wildman–Crippen MR) is 72.5 cm³/mol. The zero-order valence-corrected chi connectivity index (χ0v) is 11.6. The van der Waals surface area contributed by atoms with Gasteiger partial charge in [-0.25, -0.2) is 14.3 Å². The molecule has 6 nitrogen and oxygen atoms in total. The summed E-state index contributed by atoms with van der Waals surface area (Å²) < 4.78 is 1.72. The molecule has 0 spiro atoms. The van der Waals surface area contributed by atoms with Crippen molar-refractivity contribution in [1.82, 2.24) is 14.6 Å². The van der Waals surface area contributed by atoms with Gasteiger partial charge >= 0.3 is 5.97 Å². The van der Waals surface area contributed by atoms with Gasteiger partial charge in [0.1, 0.15) is 11.1 Å². The lowest BCUT2D eigenvalue weighted by atomic mass is 10.0. The van der Waals surface area contributed by atoms with Gasteiger partial charge in [0.15, 0.2) is 5.82 Å². The van der Waals surface area contributed by atoms with E-state index in [0.29, 0.717) is 12.4 Å². The molecule has 0 aliphatic rings. The van der Waals surface area contributed by atoms with E-state index in [1.54, 1.807) is 35.7 Å². The van der Waals surface area contributed by atoms with Crippen molar-refractivity contribution in [2.75, 3.05) is 11.4 Å². The number of aromatic nitrogens is 3. The van der Waals surface area contributed by atoms with Crippen molar-refractivity contribution >= 4 is 17.3 Å². The minimum absolute atomic E-state index is 0.552. The molecule has 0 fully saturated rings. The van der Waals surface area contributed by atoms with Crippen molar-refractivity contribution in [3.63, 3.8) is 0 Å². The van der Waals surface area contributed by atoms with Crippen LogP contribution >= 0.6 is 0 Å². The molecule has 0 unspecified atom stereocenters. The lowest BCUT2D eigenvalue weighted by Gasteiger charge is -2.35. The molecule has 1 N–H and O–H groups in total. The largest absolute Gasteiger partial charge is 0.480 e. The Labute approximate surface area is 111 Å². The average Bonchev–Trinajstić information content (AvgIpc) is 2.70. The van der Waals surface area contributed by atoms with Crippen LogP contribution in [0.3, 0.4) is 0 Å². The van der Waals surface area contributed by atoms with Gasteiger partial charge in [-0.3, -0.25) is 0 Å². The maximum absolute atomic E-state index is 11.4. The fourth-order valence-corrected chi connectivity index (χ4v) is 2.16. The normalized spacial score (nSPS) is 11.8. The zero-order valence-electron chi connectivity index (χ0n) is 11.6. The molecule has 2 heterocycles. The molecule has 0 amide bonds. The van der Waals surface area contributed by atoms with E-state index in [-0.39, 0.29) is 0 Å². The molecule has 2 aromatic rings. The molecule has 0 radical (unpaired) electrons. The molecule has 6 heteroatoms. The first-order valence-electron chi connectivity index (χ1n) is 6.20. The van der Waals surface area contributed by atoms with Crippen molar-refractivity contribution in [2.45, 2.75) is 33.2 Å². The monoisotopic (exact) mass is 262 g/mol. The average molecular weight is 262 g/mol. The molecule has 0 saturated heterocycles. The molecule has 0 aliphatic heterocycles. The van der Waals surface area contributed by atoms with Crippen LogP contribution in [0.2, 0.25) is 0 Å². The molecular formula is C13H18N4O2. The summed E-state index contributed by atoms with van der Waals surface area (Å²) in [6.07, 6.45) is 3.39. The number of fused-ring (bicyclic) bond motifs is 1. The summed E-state index contributed by atoms with van der Waals surface area (Å²) in [5.41, 5.74) is 0.663. The van der Waals surface area contributed by atoms with Crippen LogP contribution in [0.5, 0.6) is 0 Å². The molecular weight excluding hydrogens is 244 g/mol. The number of carboxylic acids is 1. The second kappa shape index (κ2) is 4.53. The smallest absolute Gasteiger partial charge is 0.329 e. The molecule has 2 aromatic heterocycles. The Bertz CT molecular complexity index is 618. The maximum atomic E-state index is 11.4. The third kappa shape index (κ3) is 2.14. The third-order valence-electron chi connectivity index (χ3n) is 3.26. The Morgan fingerprint density at radius 3 is 2.79 bits per heavy atom. The Kier molecular flexibility index (Phi) is 3.18. The van der Waals surface area contributed by atoms with Gasteiger partial charge in [0.2, 0.25) is 0 Å². The Balaban J connectivity index is 2.61. The second-order valence-corrected chi connectivity index (χ2v) is 4.97. The van der Waals surface area contributed by atoms with Crippen molar-refractivity contribution in [1.29, 1.82) is 0 Å². The van der Waals surface area contributed by atoms with Crippen LogP contribution in [0.15, 0.2) is 18.5 Å². The lowest BCUT2D eigenvalue weighted by molar-refractivity contribution is -0.142. The zero-order chi connectivity index (χ0) is 14.2. The number of aryl methyl sites for hydroxylation is 1. The number of carboxylic acid groups (broad SMARTS) is 1. The molecule has 2 rings (SSSR count). The van der Waals surface area contributed by atoms with Crippen LogP contribution in [0.25, 0.3) is 5.52 Å². The van der Waals surface area contributed by atoms with Crippen molar-refractivity contribution in [3.05, 3.63) is 24.2 Å². The first kappa shape index (κ1) is 13.3. The highest BCUT2D eigenvalue weighted by Gasteiger charge is 2.35. The van der Waals surface area contributed by atoms with Gasteiger partial charge in [-0.15, -0.1) is 0 Å². The van der Waals surface area contributed by atoms with Crippen molar-refractivity contribution < 1.29 is 9.90 Å². The van der Waals surface area contributed by atoms with Gasteiger partial charge in [-0.05, 0) is 33.8 Å². The molecule has 0 saturated carbocycles. The van der Waals surface area contributed by atoms with E-state index in [2.05, 4.69) is 10.1 Å². The molecule has 19 heavy (non-hydrogen) atoms. The Morgan fingerprint density at radius 2 is 2.21 bits per heavy atom. The SMILES string of the molecule is CCN(c1nccn2nc(C)cc12)C(C)(C)C(=O)O. The number of hydrogen-bond donors (Lipinski definition) is 1. The highest BCUT2D eigenvalue weighted by atomic mass is 16.4. The topological polar surface area (TPSA) is 70.7 Å². The summed E-state index contributed by atoms with van der Waals surface area (Å²) in [5, 5.41) is 13.7. The fraction of sp³-hybridized carbons (Fsp3) is 0.462. The van der Waals surface area contributed by atoms with E-state index in [0.717, 1.165) is 11.2 Å². The summed E-state index contributed by atoms with van der Waals surface area (Å²) in [6, 6.07) is 1.91. The van der Waals surface area contributed by atoms with Gasteiger partial charge in [0.25, 0.3) is 0 Å². The van der Waals surface area contributed by atoms with Crippen LogP contribution in [-0.4, -0.2) is 37.8 Å². The quantitative estimate of drug-likeness (QED) is 0.908. The van der Waals surface area contributed by atoms with Gasteiger partial charge < -0.3 is 10.0 Å². The van der Waals surface area contributed by atoms with Gasteiger partial charge in [0.05, 0.1) is 5.69 Å². The van der Waals surface area contributed by atoms with Crippen LogP contribution in [0, 0.1) is 6.92 Å². The van der Waals surface area contributed by atoms with E-state index in [1.165, 1.54) is 0 Å². The summed E-state index contributed by atoms with van der Waals surface area (Å²) in [6.45, 7) is 7.71. The third-order valence-corrected chi connectivity index (χ3v) is 3.26. The highest BCUT2D eigenvalue weighted by molar-refractivity contribution is 5.84. The van der Waals surface area contributed by atoms with Gasteiger partial charge in [-0.1, -0.05) is 0 Å². The molecule has 0 aliphatic carbocycles. The van der Waals surface area contributed by atoms with E-state index >= 15 is 0 Å². The lowest BCUT2D eigenvalue weighted by Crippen LogP contribution is -2.50. The summed E-state index contributed by atoms with van der Waals surface area (Å²) >= 11 is 0. The molecule has 0 atom stereocenters. The van der Waals surface area contributed by atoms with Crippen LogP contribution in [0.1, 0.15) is 26.5 Å².